The van der Waals surface area contributed by atoms with Gasteiger partial charge >= 0.3 is 0 Å². The molecular weight excluding hydrogens is 190 g/mol. The number of allylic oxidation sites excluding steroid dienone is 1. The predicted octanol–water partition coefficient (Wildman–Crippen LogP) is 2.05. The Morgan fingerprint density at radius 3 is 3.13 bits per heavy atom. The summed E-state index contributed by atoms with van der Waals surface area (Å²) in [6.45, 7) is 5.84. The van der Waals surface area contributed by atoms with Crippen molar-refractivity contribution in [1.82, 2.24) is 0 Å². The molecule has 0 unspecified atom stereocenters. The summed E-state index contributed by atoms with van der Waals surface area (Å²) in [5, 5.41) is 2.79. The third-order valence-corrected chi connectivity index (χ3v) is 2.46. The molecule has 1 amide bonds. The van der Waals surface area contributed by atoms with E-state index in [1.807, 2.05) is 25.1 Å². The number of nitrogens with one attached hydrogen (secondary N) is 1. The van der Waals surface area contributed by atoms with Crippen molar-refractivity contribution in [3.63, 3.8) is 0 Å². The fourth-order valence-corrected chi connectivity index (χ4v) is 1.71. The third-order valence-electron chi connectivity index (χ3n) is 2.46. The highest BCUT2D eigenvalue weighted by atomic mass is 16.5. The Hall–Kier alpha value is -1.77. The molecule has 0 aliphatic carbocycles. The van der Waals surface area contributed by atoms with E-state index in [0.717, 1.165) is 29.0 Å². The number of hydrogen-bond acceptors (Lipinski definition) is 2. The maximum absolute atomic E-state index is 11.1. The van der Waals surface area contributed by atoms with Crippen molar-refractivity contribution in [3.05, 3.63) is 35.9 Å². The number of hydrogen-bond donors (Lipinski definition) is 1. The monoisotopic (exact) mass is 203 g/mol. The molecule has 0 aromatic heterocycles. The summed E-state index contributed by atoms with van der Waals surface area (Å²) in [5.74, 6) is 0.686. The molecule has 0 saturated carbocycles. The zero-order valence-electron chi connectivity index (χ0n) is 8.67. The fraction of sp³-hybridized carbons (Fsp3) is 0.250. The van der Waals surface area contributed by atoms with Crippen molar-refractivity contribution in [3.8, 4) is 5.75 Å². The first kappa shape index (κ1) is 9.77. The molecule has 3 heteroatoms. The number of fused-ring (bicyclic) bond motifs is 1. The van der Waals surface area contributed by atoms with Gasteiger partial charge in [-0.25, -0.2) is 0 Å². The molecular formula is C12H13NO2. The lowest BCUT2D eigenvalue weighted by Gasteiger charge is -2.21. The summed E-state index contributed by atoms with van der Waals surface area (Å²) in [6, 6.07) is 3.85. The van der Waals surface area contributed by atoms with Gasteiger partial charge in [-0.2, -0.15) is 0 Å². The summed E-state index contributed by atoms with van der Waals surface area (Å²) in [5.41, 5.74) is 3.01. The average Bonchev–Trinajstić information content (AvgIpc) is 2.22. The highest BCUT2D eigenvalue weighted by Gasteiger charge is 2.19. The summed E-state index contributed by atoms with van der Waals surface area (Å²) < 4.78 is 5.44. The number of aryl methyl sites for hydroxylation is 1. The molecule has 15 heavy (non-hydrogen) atoms. The average molecular weight is 203 g/mol. The Balaban J connectivity index is 2.49. The second-order valence-electron chi connectivity index (χ2n) is 3.57. The minimum absolute atomic E-state index is 0.0978. The van der Waals surface area contributed by atoms with Crippen molar-refractivity contribution in [1.29, 1.82) is 0 Å². The lowest BCUT2D eigenvalue weighted by molar-refractivity contribution is -0.118. The number of ether oxygens (including phenoxy) is 1. The van der Waals surface area contributed by atoms with Gasteiger partial charge in [0.2, 0.25) is 0 Å². The van der Waals surface area contributed by atoms with Crippen LogP contribution in [0.4, 0.5) is 5.69 Å². The van der Waals surface area contributed by atoms with Gasteiger partial charge in [0, 0.05) is 5.56 Å². The molecule has 78 valence electrons. The highest BCUT2D eigenvalue weighted by molar-refractivity contribution is 5.95. The van der Waals surface area contributed by atoms with Crippen molar-refractivity contribution in [2.45, 2.75) is 13.3 Å². The smallest absolute Gasteiger partial charge is 0.262 e. The first-order valence-electron chi connectivity index (χ1n) is 4.88. The lowest BCUT2D eigenvalue weighted by atomic mass is 10.0. The topological polar surface area (TPSA) is 38.3 Å². The Morgan fingerprint density at radius 1 is 1.60 bits per heavy atom. The molecule has 3 nitrogen and oxygen atoms in total. The number of rotatable bonds is 2. The van der Waals surface area contributed by atoms with Crippen molar-refractivity contribution in [2.75, 3.05) is 11.9 Å². The van der Waals surface area contributed by atoms with Crippen LogP contribution in [-0.4, -0.2) is 12.5 Å². The van der Waals surface area contributed by atoms with Crippen LogP contribution < -0.4 is 10.1 Å². The molecule has 0 fully saturated rings. The molecule has 1 aromatic rings. The SMILES string of the molecule is C=CCc1c(C)ccc2c1OCC(=O)N2. The Morgan fingerprint density at radius 2 is 2.40 bits per heavy atom. The van der Waals surface area contributed by atoms with E-state index < -0.39 is 0 Å². The zero-order chi connectivity index (χ0) is 10.8. The quantitative estimate of drug-likeness (QED) is 0.747. The molecule has 1 heterocycles. The number of carbonyl (C=O) groups excluding carboxylic acids is 1. The molecule has 0 atom stereocenters. The molecule has 0 spiro atoms. The Labute approximate surface area is 88.8 Å². The normalized spacial score (nSPS) is 13.8. The Kier molecular flexibility index (Phi) is 2.46. The maximum Gasteiger partial charge on any atom is 0.262 e. The predicted molar refractivity (Wildman–Crippen MR) is 59.2 cm³/mol. The minimum atomic E-state index is -0.101. The van der Waals surface area contributed by atoms with Gasteiger partial charge in [-0.3, -0.25) is 4.79 Å². The second kappa shape index (κ2) is 3.77. The van der Waals surface area contributed by atoms with E-state index in [-0.39, 0.29) is 12.5 Å². The van der Waals surface area contributed by atoms with Crippen LogP contribution in [0.2, 0.25) is 0 Å². The first-order valence-corrected chi connectivity index (χ1v) is 4.88. The van der Waals surface area contributed by atoms with Crippen molar-refractivity contribution >= 4 is 11.6 Å². The van der Waals surface area contributed by atoms with E-state index in [0.29, 0.717) is 0 Å². The fourth-order valence-electron chi connectivity index (χ4n) is 1.71. The molecule has 2 rings (SSSR count). The van der Waals surface area contributed by atoms with Crippen LogP contribution in [0.25, 0.3) is 0 Å². The lowest BCUT2D eigenvalue weighted by Crippen LogP contribution is -2.26. The van der Waals surface area contributed by atoms with Gasteiger partial charge in [0.05, 0.1) is 5.69 Å². The van der Waals surface area contributed by atoms with Crippen LogP contribution >= 0.6 is 0 Å². The van der Waals surface area contributed by atoms with E-state index in [1.54, 1.807) is 0 Å². The minimum Gasteiger partial charge on any atom is -0.481 e. The van der Waals surface area contributed by atoms with Crippen LogP contribution in [0, 0.1) is 6.92 Å². The molecule has 0 saturated heterocycles. The summed E-state index contributed by atoms with van der Waals surface area (Å²) in [4.78, 5) is 11.1. The van der Waals surface area contributed by atoms with Gasteiger partial charge in [0.15, 0.2) is 6.61 Å². The van der Waals surface area contributed by atoms with Gasteiger partial charge in [-0.1, -0.05) is 12.1 Å². The standard InChI is InChI=1S/C12H13NO2/c1-3-4-9-8(2)5-6-10-12(9)15-7-11(14)13-10/h3,5-6H,1,4,7H2,2H3,(H,13,14). The molecule has 0 radical (unpaired) electrons. The maximum atomic E-state index is 11.1. The van der Waals surface area contributed by atoms with E-state index in [1.165, 1.54) is 0 Å². The van der Waals surface area contributed by atoms with Crippen LogP contribution in [0.15, 0.2) is 24.8 Å². The van der Waals surface area contributed by atoms with E-state index >= 15 is 0 Å². The van der Waals surface area contributed by atoms with Crippen LogP contribution in [0.1, 0.15) is 11.1 Å². The van der Waals surface area contributed by atoms with Crippen LogP contribution in [0.3, 0.4) is 0 Å². The van der Waals surface area contributed by atoms with Gasteiger partial charge < -0.3 is 10.1 Å². The summed E-state index contributed by atoms with van der Waals surface area (Å²) >= 11 is 0. The number of carbonyl (C=O) groups is 1. The van der Waals surface area contributed by atoms with Gasteiger partial charge in [0.25, 0.3) is 5.91 Å². The molecule has 0 bridgehead atoms. The van der Waals surface area contributed by atoms with Gasteiger partial charge in [0.1, 0.15) is 5.75 Å². The highest BCUT2D eigenvalue weighted by Crippen LogP contribution is 2.34. The molecule has 1 aliphatic heterocycles. The second-order valence-corrected chi connectivity index (χ2v) is 3.57. The number of anilines is 1. The molecule has 1 aliphatic rings. The van der Waals surface area contributed by atoms with E-state index in [2.05, 4.69) is 11.9 Å². The molecule has 1 N–H and O–H groups in total. The van der Waals surface area contributed by atoms with Crippen LogP contribution in [0.5, 0.6) is 5.75 Å². The number of amides is 1. The van der Waals surface area contributed by atoms with Gasteiger partial charge in [-0.15, -0.1) is 6.58 Å². The number of benzene rings is 1. The van der Waals surface area contributed by atoms with Crippen molar-refractivity contribution in [2.24, 2.45) is 0 Å². The summed E-state index contributed by atoms with van der Waals surface area (Å²) in [7, 11) is 0. The van der Waals surface area contributed by atoms with E-state index in [4.69, 9.17) is 4.74 Å². The zero-order valence-corrected chi connectivity index (χ0v) is 8.67. The third kappa shape index (κ3) is 1.73. The van der Waals surface area contributed by atoms with Crippen LogP contribution in [-0.2, 0) is 11.2 Å². The summed E-state index contributed by atoms with van der Waals surface area (Å²) in [6.07, 6.45) is 2.59. The first-order chi connectivity index (χ1) is 7.22. The van der Waals surface area contributed by atoms with Gasteiger partial charge in [-0.05, 0) is 25.0 Å². The van der Waals surface area contributed by atoms with E-state index in [9.17, 15) is 4.79 Å². The molecule has 1 aromatic carbocycles. The largest absolute Gasteiger partial charge is 0.481 e. The Bertz CT molecular complexity index is 424. The van der Waals surface area contributed by atoms with Crippen molar-refractivity contribution < 1.29 is 9.53 Å².